The number of thioether (sulfide) groups is 1. The summed E-state index contributed by atoms with van der Waals surface area (Å²) in [6, 6.07) is 30.2. The third-order valence-corrected chi connectivity index (χ3v) is 9.20. The highest BCUT2D eigenvalue weighted by atomic mass is 32.2. The number of phenolic OH excluding ortho intramolecular Hbond substituents is 1. The Balaban J connectivity index is 1.20. The summed E-state index contributed by atoms with van der Waals surface area (Å²) in [5, 5.41) is 34.9. The number of nitrogens with zero attached hydrogens (tertiary/aromatic N) is 4. The third-order valence-electron chi connectivity index (χ3n) is 8.15. The minimum absolute atomic E-state index is 0.0413. The topological polar surface area (TPSA) is 158 Å². The van der Waals surface area contributed by atoms with Crippen LogP contribution in [0.15, 0.2) is 102 Å². The molecule has 5 aromatic rings. The van der Waals surface area contributed by atoms with E-state index in [1.165, 1.54) is 25.6 Å². The number of aliphatic hydroxyl groups excluding tert-OH is 1. The molecular formula is C37H37N5O7S. The molecule has 1 aliphatic rings. The zero-order chi connectivity index (χ0) is 35.0. The summed E-state index contributed by atoms with van der Waals surface area (Å²) in [6.07, 6.45) is -1.46. The summed E-state index contributed by atoms with van der Waals surface area (Å²) in [5.74, 6) is -0.176. The quantitative estimate of drug-likeness (QED) is 0.113. The van der Waals surface area contributed by atoms with Crippen molar-refractivity contribution in [1.82, 2.24) is 25.5 Å². The lowest BCUT2D eigenvalue weighted by atomic mass is 9.99. The molecule has 258 valence electrons. The Hall–Kier alpha value is -5.08. The van der Waals surface area contributed by atoms with Crippen LogP contribution < -0.4 is 5.32 Å². The van der Waals surface area contributed by atoms with Crippen molar-refractivity contribution in [1.29, 1.82) is 0 Å². The lowest BCUT2D eigenvalue weighted by Gasteiger charge is -2.36. The lowest BCUT2D eigenvalue weighted by Crippen LogP contribution is -2.35. The van der Waals surface area contributed by atoms with Crippen molar-refractivity contribution in [2.75, 3.05) is 5.75 Å². The number of phenols is 1. The molecule has 4 aromatic carbocycles. The van der Waals surface area contributed by atoms with Gasteiger partial charge in [-0.05, 0) is 81.6 Å². The maximum absolute atomic E-state index is 12.4. The summed E-state index contributed by atoms with van der Waals surface area (Å²) in [7, 11) is 0. The summed E-state index contributed by atoms with van der Waals surface area (Å²) in [5.41, 5.74) is 6.16. The number of aliphatic hydroxyl groups is 1. The number of rotatable bonds is 12. The molecule has 0 spiro atoms. The molecule has 1 saturated heterocycles. The molecule has 50 heavy (non-hydrogen) atoms. The summed E-state index contributed by atoms with van der Waals surface area (Å²) in [6.45, 7) is 3.04. The highest BCUT2D eigenvalue weighted by Gasteiger charge is 2.33. The first-order chi connectivity index (χ1) is 24.2. The zero-order valence-corrected chi connectivity index (χ0v) is 28.3. The van der Waals surface area contributed by atoms with E-state index in [4.69, 9.17) is 14.2 Å². The molecule has 12 nitrogen and oxygen atoms in total. The van der Waals surface area contributed by atoms with Crippen LogP contribution in [0, 0.1) is 0 Å². The van der Waals surface area contributed by atoms with Crippen LogP contribution in [0.2, 0.25) is 0 Å². The fourth-order valence-electron chi connectivity index (χ4n) is 5.58. The van der Waals surface area contributed by atoms with Crippen molar-refractivity contribution in [2.24, 2.45) is 0 Å². The van der Waals surface area contributed by atoms with Gasteiger partial charge >= 0.3 is 5.97 Å². The number of aromatic nitrogens is 4. The van der Waals surface area contributed by atoms with E-state index in [1.54, 1.807) is 28.9 Å². The zero-order valence-electron chi connectivity index (χ0n) is 27.5. The lowest BCUT2D eigenvalue weighted by molar-refractivity contribution is -0.245. The van der Waals surface area contributed by atoms with Crippen LogP contribution in [0.25, 0.3) is 16.8 Å². The van der Waals surface area contributed by atoms with Gasteiger partial charge in [0.1, 0.15) is 5.75 Å². The summed E-state index contributed by atoms with van der Waals surface area (Å²) < 4.78 is 19.8. The van der Waals surface area contributed by atoms with E-state index in [9.17, 15) is 19.8 Å². The number of hydrogen-bond donors (Lipinski definition) is 3. The van der Waals surface area contributed by atoms with E-state index >= 15 is 0 Å². The molecule has 4 atom stereocenters. The average molecular weight is 696 g/mol. The smallest absolute Gasteiger partial charge is 0.303 e. The molecule has 2 heterocycles. The highest BCUT2D eigenvalue weighted by Crippen LogP contribution is 2.40. The monoisotopic (exact) mass is 695 g/mol. The minimum atomic E-state index is -0.879. The van der Waals surface area contributed by atoms with Crippen molar-refractivity contribution < 1.29 is 34.0 Å². The van der Waals surface area contributed by atoms with Gasteiger partial charge < -0.3 is 29.7 Å². The van der Waals surface area contributed by atoms with E-state index in [1.807, 2.05) is 72.8 Å². The summed E-state index contributed by atoms with van der Waals surface area (Å²) in [4.78, 5) is 23.6. The molecule has 1 amide bonds. The minimum Gasteiger partial charge on any atom is -0.508 e. The SMILES string of the molecule is CC(=O)O[C@@H](C)C(=O)NCc1cccc(-c2cccc([C@@H]3O[C@H](CSc4nnnn4-c4ccc(O)cc4)C[C@H](c4ccc(CO)cc4)O3)c2)c1. The van der Waals surface area contributed by atoms with Gasteiger partial charge in [-0.1, -0.05) is 72.4 Å². The number of ether oxygens (including phenoxy) is 3. The Bertz CT molecular complexity index is 1920. The van der Waals surface area contributed by atoms with Gasteiger partial charge in [-0.25, -0.2) is 0 Å². The second-order valence-corrected chi connectivity index (χ2v) is 12.8. The van der Waals surface area contributed by atoms with Crippen LogP contribution in [0.3, 0.4) is 0 Å². The molecule has 0 unspecified atom stereocenters. The number of carbonyl (C=O) groups is 2. The second kappa shape index (κ2) is 16.1. The van der Waals surface area contributed by atoms with Gasteiger partial charge in [-0.2, -0.15) is 4.68 Å². The van der Waals surface area contributed by atoms with Crippen LogP contribution in [0.1, 0.15) is 54.9 Å². The second-order valence-electron chi connectivity index (χ2n) is 11.8. The number of amides is 1. The summed E-state index contributed by atoms with van der Waals surface area (Å²) >= 11 is 1.47. The van der Waals surface area contributed by atoms with Gasteiger partial charge in [0.2, 0.25) is 5.16 Å². The number of esters is 1. The van der Waals surface area contributed by atoms with Crippen LogP contribution >= 0.6 is 11.8 Å². The van der Waals surface area contributed by atoms with Crippen LogP contribution in [-0.2, 0) is 37.0 Å². The molecule has 1 aromatic heterocycles. The fraction of sp³-hybridized carbons (Fsp3) is 0.270. The van der Waals surface area contributed by atoms with Gasteiger partial charge in [0, 0.05) is 31.2 Å². The molecule has 1 aliphatic heterocycles. The number of carbonyl (C=O) groups excluding carboxylic acids is 2. The maximum Gasteiger partial charge on any atom is 0.303 e. The third kappa shape index (κ3) is 8.74. The van der Waals surface area contributed by atoms with Crippen molar-refractivity contribution in [3.05, 3.63) is 119 Å². The highest BCUT2D eigenvalue weighted by molar-refractivity contribution is 7.99. The van der Waals surface area contributed by atoms with E-state index in [0.717, 1.165) is 39.1 Å². The predicted octanol–water partition coefficient (Wildman–Crippen LogP) is 5.43. The van der Waals surface area contributed by atoms with E-state index in [0.29, 0.717) is 17.3 Å². The van der Waals surface area contributed by atoms with Crippen molar-refractivity contribution >= 4 is 23.6 Å². The molecule has 6 rings (SSSR count). The number of hydrogen-bond acceptors (Lipinski definition) is 11. The number of benzene rings is 4. The van der Waals surface area contributed by atoms with Crippen molar-refractivity contribution in [2.45, 2.75) is 63.2 Å². The maximum atomic E-state index is 12.4. The van der Waals surface area contributed by atoms with Gasteiger partial charge in [-0.3, -0.25) is 9.59 Å². The number of nitrogens with one attached hydrogen (secondary N) is 1. The molecule has 3 N–H and O–H groups in total. The normalized spacial score (nSPS) is 17.9. The molecule has 0 bridgehead atoms. The Morgan fingerprint density at radius 1 is 0.960 bits per heavy atom. The molecule has 0 saturated carbocycles. The molecule has 1 fully saturated rings. The van der Waals surface area contributed by atoms with E-state index < -0.39 is 18.4 Å². The number of tetrazole rings is 1. The van der Waals surface area contributed by atoms with Crippen LogP contribution in [-0.4, -0.2) is 60.3 Å². The molecule has 0 aliphatic carbocycles. The first-order valence-electron chi connectivity index (χ1n) is 16.1. The van der Waals surface area contributed by atoms with Gasteiger partial charge in [0.05, 0.1) is 24.5 Å². The van der Waals surface area contributed by atoms with Gasteiger partial charge in [0.25, 0.3) is 5.91 Å². The van der Waals surface area contributed by atoms with Crippen molar-refractivity contribution in [3.63, 3.8) is 0 Å². The van der Waals surface area contributed by atoms with E-state index in [-0.39, 0.29) is 37.0 Å². The van der Waals surface area contributed by atoms with E-state index in [2.05, 4.69) is 20.8 Å². The van der Waals surface area contributed by atoms with Gasteiger partial charge in [0.15, 0.2) is 12.4 Å². The van der Waals surface area contributed by atoms with Crippen LogP contribution in [0.5, 0.6) is 5.75 Å². The largest absolute Gasteiger partial charge is 0.508 e. The predicted molar refractivity (Wildman–Crippen MR) is 185 cm³/mol. The Kier molecular flexibility index (Phi) is 11.2. The Morgan fingerprint density at radius 2 is 1.70 bits per heavy atom. The first-order valence-corrected chi connectivity index (χ1v) is 17.1. The Morgan fingerprint density at radius 3 is 2.44 bits per heavy atom. The van der Waals surface area contributed by atoms with Gasteiger partial charge in [-0.15, -0.1) is 5.10 Å². The molecule has 13 heteroatoms. The fourth-order valence-corrected chi connectivity index (χ4v) is 6.48. The molecular weight excluding hydrogens is 659 g/mol. The Labute approximate surface area is 293 Å². The standard InChI is InChI=1S/C37H37N5O7S/c1-23(47-24(2)44)35(46)38-20-26-5-3-6-28(17-26)29-7-4-8-30(18-29)36-48-33(19-34(49-36)27-11-9-25(21-43)10-12-27)22-50-37-39-40-41-42(37)31-13-15-32(45)16-14-31/h3-18,23,33-34,36,43,45H,19-22H2,1-2H3,(H,38,46)/t23-,33-,34+,36+/m0/s1. The molecule has 0 radical (unpaired) electrons. The first kappa shape index (κ1) is 34.8. The van der Waals surface area contributed by atoms with Crippen molar-refractivity contribution in [3.8, 4) is 22.6 Å². The number of aromatic hydroxyl groups is 1. The average Bonchev–Trinajstić information content (AvgIpc) is 3.62. The van der Waals surface area contributed by atoms with Crippen LogP contribution in [0.4, 0.5) is 0 Å².